The first-order valence-electron chi connectivity index (χ1n) is 8.39. The Morgan fingerprint density at radius 2 is 1.88 bits per heavy atom. The molecule has 0 unspecified atom stereocenters. The van der Waals surface area contributed by atoms with E-state index >= 15 is 0 Å². The van der Waals surface area contributed by atoms with Gasteiger partial charge in [0.1, 0.15) is 11.6 Å². The molecular formula is C19H26FIN4O. The minimum absolute atomic E-state index is 0. The van der Waals surface area contributed by atoms with Gasteiger partial charge in [0.25, 0.3) is 0 Å². The average molecular weight is 472 g/mol. The summed E-state index contributed by atoms with van der Waals surface area (Å²) in [4.78, 5) is 8.47. The Kier molecular flexibility index (Phi) is 9.93. The summed E-state index contributed by atoms with van der Waals surface area (Å²) in [7, 11) is 1.75. The molecule has 0 amide bonds. The highest BCUT2D eigenvalue weighted by Crippen LogP contribution is 2.19. The highest BCUT2D eigenvalue weighted by atomic mass is 127. The Balaban J connectivity index is 0.00000338. The van der Waals surface area contributed by atoms with Crippen LogP contribution in [-0.4, -0.2) is 24.5 Å². The van der Waals surface area contributed by atoms with Gasteiger partial charge in [-0.25, -0.2) is 9.37 Å². The molecule has 0 aliphatic carbocycles. The number of aromatic nitrogens is 1. The van der Waals surface area contributed by atoms with Crippen LogP contribution in [0.1, 0.15) is 25.8 Å². The van der Waals surface area contributed by atoms with Crippen LogP contribution >= 0.6 is 24.0 Å². The van der Waals surface area contributed by atoms with Crippen molar-refractivity contribution >= 4 is 29.9 Å². The molecule has 7 heteroatoms. The Bertz CT molecular complexity index is 675. The van der Waals surface area contributed by atoms with Crippen LogP contribution < -0.4 is 15.4 Å². The first kappa shape index (κ1) is 22.1. The van der Waals surface area contributed by atoms with Crippen LogP contribution in [0.15, 0.2) is 47.6 Å². The standard InChI is InChI=1S/C19H25FN4O.HI/c1-14(2)10-11-22-19(21-3)24-13-15-4-9-18(23-12-15)25-17-7-5-16(20)6-8-17;/h4-9,12,14H,10-11,13H2,1-3H3,(H2,21,22,24);1H. The maximum absolute atomic E-state index is 12.9. The van der Waals surface area contributed by atoms with E-state index in [2.05, 4.69) is 34.5 Å². The van der Waals surface area contributed by atoms with Gasteiger partial charge in [0, 0.05) is 32.4 Å². The predicted molar refractivity (Wildman–Crippen MR) is 114 cm³/mol. The molecule has 2 N–H and O–H groups in total. The summed E-state index contributed by atoms with van der Waals surface area (Å²) in [5, 5.41) is 6.53. The van der Waals surface area contributed by atoms with Gasteiger partial charge in [0.2, 0.25) is 5.88 Å². The Morgan fingerprint density at radius 1 is 1.15 bits per heavy atom. The molecule has 26 heavy (non-hydrogen) atoms. The molecule has 0 aliphatic rings. The molecule has 1 aromatic carbocycles. The fourth-order valence-electron chi connectivity index (χ4n) is 2.08. The largest absolute Gasteiger partial charge is 0.439 e. The number of ether oxygens (including phenoxy) is 1. The van der Waals surface area contributed by atoms with Crippen molar-refractivity contribution in [1.82, 2.24) is 15.6 Å². The van der Waals surface area contributed by atoms with E-state index < -0.39 is 0 Å². The molecule has 5 nitrogen and oxygen atoms in total. The summed E-state index contributed by atoms with van der Waals surface area (Å²) >= 11 is 0. The summed E-state index contributed by atoms with van der Waals surface area (Å²) < 4.78 is 18.5. The van der Waals surface area contributed by atoms with Gasteiger partial charge < -0.3 is 15.4 Å². The quantitative estimate of drug-likeness (QED) is 0.358. The molecule has 2 rings (SSSR count). The first-order valence-corrected chi connectivity index (χ1v) is 8.39. The number of hydrogen-bond donors (Lipinski definition) is 2. The van der Waals surface area contributed by atoms with Crippen LogP contribution in [0.5, 0.6) is 11.6 Å². The van der Waals surface area contributed by atoms with E-state index in [4.69, 9.17) is 4.74 Å². The number of halogens is 2. The number of hydrogen-bond acceptors (Lipinski definition) is 3. The van der Waals surface area contributed by atoms with E-state index in [0.29, 0.717) is 24.1 Å². The molecule has 0 saturated carbocycles. The van der Waals surface area contributed by atoms with Crippen molar-refractivity contribution in [2.75, 3.05) is 13.6 Å². The molecule has 0 saturated heterocycles. The lowest BCUT2D eigenvalue weighted by Gasteiger charge is -2.13. The second kappa shape index (κ2) is 11.7. The molecule has 0 bridgehead atoms. The summed E-state index contributed by atoms with van der Waals surface area (Å²) in [5.41, 5.74) is 1.01. The smallest absolute Gasteiger partial charge is 0.219 e. The van der Waals surface area contributed by atoms with E-state index in [-0.39, 0.29) is 29.8 Å². The lowest BCUT2D eigenvalue weighted by molar-refractivity contribution is 0.461. The number of aliphatic imine (C=N–C) groups is 1. The van der Waals surface area contributed by atoms with Crippen LogP contribution in [0.3, 0.4) is 0 Å². The van der Waals surface area contributed by atoms with E-state index in [1.54, 1.807) is 31.4 Å². The van der Waals surface area contributed by atoms with Crippen molar-refractivity contribution < 1.29 is 9.13 Å². The van der Waals surface area contributed by atoms with Gasteiger partial charge in [0.15, 0.2) is 5.96 Å². The fourth-order valence-corrected chi connectivity index (χ4v) is 2.08. The highest BCUT2D eigenvalue weighted by Gasteiger charge is 2.02. The average Bonchev–Trinajstić information content (AvgIpc) is 2.61. The molecule has 0 aliphatic heterocycles. The number of nitrogens with zero attached hydrogens (tertiary/aromatic N) is 2. The predicted octanol–water partition coefficient (Wildman–Crippen LogP) is 4.34. The van der Waals surface area contributed by atoms with Gasteiger partial charge in [0.05, 0.1) is 0 Å². The lowest BCUT2D eigenvalue weighted by atomic mass is 10.1. The van der Waals surface area contributed by atoms with Crippen molar-refractivity contribution in [3.8, 4) is 11.6 Å². The molecule has 0 atom stereocenters. The Hall–Kier alpha value is -1.90. The van der Waals surface area contributed by atoms with E-state index in [1.165, 1.54) is 12.1 Å². The number of benzene rings is 1. The minimum Gasteiger partial charge on any atom is -0.439 e. The molecule has 2 aromatic rings. The van der Waals surface area contributed by atoms with Crippen LogP contribution in [-0.2, 0) is 6.54 Å². The van der Waals surface area contributed by atoms with E-state index in [9.17, 15) is 4.39 Å². The number of nitrogens with one attached hydrogen (secondary N) is 2. The van der Waals surface area contributed by atoms with Gasteiger partial charge in [-0.05, 0) is 42.2 Å². The maximum atomic E-state index is 12.9. The molecule has 142 valence electrons. The van der Waals surface area contributed by atoms with Crippen molar-refractivity contribution in [1.29, 1.82) is 0 Å². The van der Waals surface area contributed by atoms with Gasteiger partial charge in [-0.2, -0.15) is 0 Å². The van der Waals surface area contributed by atoms with Crippen molar-refractivity contribution in [3.05, 3.63) is 54.0 Å². The second-order valence-electron chi connectivity index (χ2n) is 6.10. The normalized spacial score (nSPS) is 11.0. The molecule has 0 radical (unpaired) electrons. The van der Waals surface area contributed by atoms with Gasteiger partial charge in [-0.3, -0.25) is 4.99 Å². The Labute approximate surface area is 171 Å². The summed E-state index contributed by atoms with van der Waals surface area (Å²) in [6.07, 6.45) is 2.84. The second-order valence-corrected chi connectivity index (χ2v) is 6.10. The van der Waals surface area contributed by atoms with Crippen LogP contribution in [0.4, 0.5) is 4.39 Å². The fraction of sp³-hybridized carbons (Fsp3) is 0.368. The summed E-state index contributed by atoms with van der Waals surface area (Å²) in [6, 6.07) is 9.56. The number of pyridine rings is 1. The number of rotatable bonds is 7. The zero-order chi connectivity index (χ0) is 18.1. The molecular weight excluding hydrogens is 446 g/mol. The van der Waals surface area contributed by atoms with Crippen molar-refractivity contribution in [2.45, 2.75) is 26.8 Å². The molecule has 1 heterocycles. The third-order valence-electron chi connectivity index (χ3n) is 3.53. The third kappa shape index (κ3) is 7.99. The summed E-state index contributed by atoms with van der Waals surface area (Å²) in [6.45, 7) is 5.89. The topological polar surface area (TPSA) is 58.5 Å². The van der Waals surface area contributed by atoms with Gasteiger partial charge in [-0.15, -0.1) is 24.0 Å². The minimum atomic E-state index is -0.294. The van der Waals surface area contributed by atoms with Crippen LogP contribution in [0, 0.1) is 11.7 Å². The lowest BCUT2D eigenvalue weighted by Crippen LogP contribution is -2.37. The Morgan fingerprint density at radius 3 is 2.46 bits per heavy atom. The zero-order valence-electron chi connectivity index (χ0n) is 15.3. The van der Waals surface area contributed by atoms with Crippen LogP contribution in [0.25, 0.3) is 0 Å². The zero-order valence-corrected chi connectivity index (χ0v) is 17.7. The van der Waals surface area contributed by atoms with Gasteiger partial charge >= 0.3 is 0 Å². The van der Waals surface area contributed by atoms with Gasteiger partial charge in [-0.1, -0.05) is 19.9 Å². The first-order chi connectivity index (χ1) is 12.1. The maximum Gasteiger partial charge on any atom is 0.219 e. The SMILES string of the molecule is CN=C(NCCC(C)C)NCc1ccc(Oc2ccc(F)cc2)nc1.I. The van der Waals surface area contributed by atoms with E-state index in [0.717, 1.165) is 24.5 Å². The van der Waals surface area contributed by atoms with Crippen molar-refractivity contribution in [2.24, 2.45) is 10.9 Å². The highest BCUT2D eigenvalue weighted by molar-refractivity contribution is 14.0. The molecule has 0 spiro atoms. The number of guanidine groups is 1. The van der Waals surface area contributed by atoms with E-state index in [1.807, 2.05) is 6.07 Å². The molecule has 0 fully saturated rings. The third-order valence-corrected chi connectivity index (χ3v) is 3.53. The van der Waals surface area contributed by atoms with Crippen LogP contribution in [0.2, 0.25) is 0 Å². The van der Waals surface area contributed by atoms with Crippen molar-refractivity contribution in [3.63, 3.8) is 0 Å². The monoisotopic (exact) mass is 472 g/mol. The molecule has 1 aromatic heterocycles. The summed E-state index contributed by atoms with van der Waals surface area (Å²) in [5.74, 6) is 2.15.